The molecule has 0 radical (unpaired) electrons. The molecule has 0 bridgehead atoms. The average molecular weight is 353 g/mol. The number of aryl methyl sites for hydroxylation is 1. The number of alkyl halides is 3. The summed E-state index contributed by atoms with van der Waals surface area (Å²) in [6, 6.07) is 7.18. The van der Waals surface area contributed by atoms with Crippen molar-refractivity contribution in [1.82, 2.24) is 14.7 Å². The molecule has 1 aliphatic heterocycles. The third-order valence-electron chi connectivity index (χ3n) is 4.74. The Bertz CT molecular complexity index is 714. The Morgan fingerprint density at radius 3 is 2.80 bits per heavy atom. The molecule has 7 heteroatoms. The van der Waals surface area contributed by atoms with Gasteiger partial charge in [-0.3, -0.25) is 9.58 Å². The van der Waals surface area contributed by atoms with Crippen LogP contribution in [0.3, 0.4) is 0 Å². The predicted molar refractivity (Wildman–Crippen MR) is 88.0 cm³/mol. The van der Waals surface area contributed by atoms with Gasteiger partial charge in [0.1, 0.15) is 0 Å². The lowest BCUT2D eigenvalue weighted by Gasteiger charge is -2.25. The summed E-state index contributed by atoms with van der Waals surface area (Å²) in [6.45, 7) is 3.94. The van der Waals surface area contributed by atoms with Gasteiger partial charge in [-0.2, -0.15) is 18.3 Å². The van der Waals surface area contributed by atoms with Crippen molar-refractivity contribution >= 4 is 0 Å². The van der Waals surface area contributed by atoms with Gasteiger partial charge in [-0.25, -0.2) is 0 Å². The molecule has 2 atom stereocenters. The van der Waals surface area contributed by atoms with Crippen LogP contribution in [0.4, 0.5) is 13.2 Å². The van der Waals surface area contributed by atoms with Crippen molar-refractivity contribution in [1.29, 1.82) is 0 Å². The summed E-state index contributed by atoms with van der Waals surface area (Å²) in [5, 5.41) is 14.3. The zero-order valence-electron chi connectivity index (χ0n) is 14.1. The van der Waals surface area contributed by atoms with E-state index in [1.54, 1.807) is 12.3 Å². The van der Waals surface area contributed by atoms with Crippen molar-refractivity contribution in [2.24, 2.45) is 0 Å². The number of nitrogens with zero attached hydrogens (tertiary/aromatic N) is 3. The quantitative estimate of drug-likeness (QED) is 0.897. The van der Waals surface area contributed by atoms with Crippen LogP contribution in [-0.2, 0) is 19.1 Å². The predicted octanol–water partition coefficient (Wildman–Crippen LogP) is 3.27. The molecule has 4 nitrogen and oxygen atoms in total. The van der Waals surface area contributed by atoms with Crippen molar-refractivity contribution < 1.29 is 18.3 Å². The molecule has 2 aromatic rings. The molecule has 0 amide bonds. The number of aliphatic hydroxyl groups is 1. The Balaban J connectivity index is 1.76. The van der Waals surface area contributed by atoms with Gasteiger partial charge in [0, 0.05) is 44.0 Å². The summed E-state index contributed by atoms with van der Waals surface area (Å²) in [5.74, 6) is 0. The fourth-order valence-corrected chi connectivity index (χ4v) is 3.51. The Kier molecular flexibility index (Phi) is 5.15. The molecule has 136 valence electrons. The summed E-state index contributed by atoms with van der Waals surface area (Å²) in [7, 11) is 0. The summed E-state index contributed by atoms with van der Waals surface area (Å²) >= 11 is 0. The highest BCUT2D eigenvalue weighted by atomic mass is 19.4. The number of hydrogen-bond acceptors (Lipinski definition) is 3. The number of halogens is 3. The summed E-state index contributed by atoms with van der Waals surface area (Å²) in [4.78, 5) is 2.06. The normalized spacial score (nSPS) is 21.8. The van der Waals surface area contributed by atoms with Crippen molar-refractivity contribution in [2.45, 2.75) is 44.6 Å². The molecule has 1 aliphatic rings. The topological polar surface area (TPSA) is 41.3 Å². The summed E-state index contributed by atoms with van der Waals surface area (Å²) in [5.41, 5.74) is 1.05. The molecule has 25 heavy (non-hydrogen) atoms. The first kappa shape index (κ1) is 17.9. The van der Waals surface area contributed by atoms with Crippen molar-refractivity contribution in [3.8, 4) is 0 Å². The van der Waals surface area contributed by atoms with Gasteiger partial charge in [0.05, 0.1) is 11.7 Å². The van der Waals surface area contributed by atoms with E-state index in [0.29, 0.717) is 25.1 Å². The molecule has 0 spiro atoms. The van der Waals surface area contributed by atoms with E-state index in [-0.39, 0.29) is 6.04 Å². The maximum Gasteiger partial charge on any atom is 0.416 e. The van der Waals surface area contributed by atoms with Crippen LogP contribution in [0, 0.1) is 0 Å². The van der Waals surface area contributed by atoms with Gasteiger partial charge in [0.25, 0.3) is 0 Å². The molecule has 2 heterocycles. The number of β-amino-alcohol motifs (C(OH)–C–C–N with tert-alkyl or cyclic N) is 1. The monoisotopic (exact) mass is 353 g/mol. The molecule has 1 fully saturated rings. The zero-order chi connectivity index (χ0) is 18.0. The first-order chi connectivity index (χ1) is 11.9. The average Bonchev–Trinajstić information content (AvgIpc) is 3.18. The maximum atomic E-state index is 13.0. The van der Waals surface area contributed by atoms with Gasteiger partial charge in [-0.05, 0) is 37.1 Å². The van der Waals surface area contributed by atoms with Crippen LogP contribution in [0.15, 0.2) is 36.5 Å². The lowest BCUT2D eigenvalue weighted by atomic mass is 10.0. The third-order valence-corrected chi connectivity index (χ3v) is 4.74. The highest BCUT2D eigenvalue weighted by molar-refractivity contribution is 5.29. The molecule has 0 aliphatic carbocycles. The molecule has 0 saturated carbocycles. The molecule has 3 rings (SSSR count). The fraction of sp³-hybridized carbons (Fsp3) is 0.500. The van der Waals surface area contributed by atoms with Gasteiger partial charge in [0.15, 0.2) is 0 Å². The molecule has 1 N–H and O–H groups in total. The smallest absolute Gasteiger partial charge is 0.392 e. The van der Waals surface area contributed by atoms with E-state index in [4.69, 9.17) is 0 Å². The zero-order valence-corrected chi connectivity index (χ0v) is 14.1. The number of likely N-dealkylation sites (tertiary alicyclic amines) is 1. The van der Waals surface area contributed by atoms with E-state index in [1.807, 2.05) is 17.7 Å². The van der Waals surface area contributed by atoms with E-state index in [2.05, 4.69) is 10.00 Å². The lowest BCUT2D eigenvalue weighted by molar-refractivity contribution is -0.137. The van der Waals surface area contributed by atoms with Crippen molar-refractivity contribution in [2.75, 3.05) is 13.1 Å². The van der Waals surface area contributed by atoms with Crippen molar-refractivity contribution in [3.05, 3.63) is 53.3 Å². The number of aliphatic hydroxyl groups excluding tert-OH is 1. The Morgan fingerprint density at radius 2 is 2.08 bits per heavy atom. The second kappa shape index (κ2) is 7.17. The molecular formula is C18H22F3N3O. The third kappa shape index (κ3) is 4.04. The first-order valence-corrected chi connectivity index (χ1v) is 8.48. The van der Waals surface area contributed by atoms with Gasteiger partial charge >= 0.3 is 6.18 Å². The molecular weight excluding hydrogens is 331 g/mol. The molecule has 1 saturated heterocycles. The first-order valence-electron chi connectivity index (χ1n) is 8.48. The Labute approximate surface area is 144 Å². The summed E-state index contributed by atoms with van der Waals surface area (Å²) < 4.78 is 40.8. The Hall–Kier alpha value is -1.86. The maximum absolute atomic E-state index is 13.0. The van der Waals surface area contributed by atoms with Crippen LogP contribution in [0.5, 0.6) is 0 Å². The SMILES string of the molecule is CCn1nccc1CCN1CC(O)CC1c1cccc(C(F)(F)F)c1. The minimum atomic E-state index is -4.36. The largest absolute Gasteiger partial charge is 0.416 e. The van der Waals surface area contributed by atoms with Crippen LogP contribution in [0.2, 0.25) is 0 Å². The minimum absolute atomic E-state index is 0.199. The highest BCUT2D eigenvalue weighted by Crippen LogP contribution is 2.36. The van der Waals surface area contributed by atoms with Crippen LogP contribution in [0.1, 0.15) is 36.2 Å². The van der Waals surface area contributed by atoms with E-state index in [0.717, 1.165) is 24.7 Å². The number of aromatic nitrogens is 2. The minimum Gasteiger partial charge on any atom is -0.392 e. The van der Waals surface area contributed by atoms with Gasteiger partial charge in [-0.15, -0.1) is 0 Å². The van der Waals surface area contributed by atoms with E-state index in [9.17, 15) is 18.3 Å². The van der Waals surface area contributed by atoms with Gasteiger partial charge in [0.2, 0.25) is 0 Å². The fourth-order valence-electron chi connectivity index (χ4n) is 3.51. The van der Waals surface area contributed by atoms with E-state index >= 15 is 0 Å². The van der Waals surface area contributed by atoms with E-state index < -0.39 is 17.8 Å². The molecule has 1 aromatic carbocycles. The highest BCUT2D eigenvalue weighted by Gasteiger charge is 2.35. The second-order valence-corrected chi connectivity index (χ2v) is 6.41. The standard InChI is InChI=1S/C18H22F3N3O/c1-2-24-15(6-8-22-24)7-9-23-12-16(25)11-17(23)13-4-3-5-14(10-13)18(19,20)21/h3-6,8,10,16-17,25H,2,7,9,11-12H2,1H3. The lowest BCUT2D eigenvalue weighted by Crippen LogP contribution is -2.28. The second-order valence-electron chi connectivity index (χ2n) is 6.41. The van der Waals surface area contributed by atoms with Gasteiger partial charge in [-0.1, -0.05) is 12.1 Å². The van der Waals surface area contributed by atoms with Crippen LogP contribution in [-0.4, -0.2) is 39.0 Å². The van der Waals surface area contributed by atoms with Crippen LogP contribution < -0.4 is 0 Å². The number of benzene rings is 1. The van der Waals surface area contributed by atoms with E-state index in [1.165, 1.54) is 12.1 Å². The summed E-state index contributed by atoms with van der Waals surface area (Å²) in [6.07, 6.45) is -1.92. The van der Waals surface area contributed by atoms with Gasteiger partial charge < -0.3 is 5.11 Å². The van der Waals surface area contributed by atoms with Crippen LogP contribution in [0.25, 0.3) is 0 Å². The van der Waals surface area contributed by atoms with Crippen molar-refractivity contribution in [3.63, 3.8) is 0 Å². The number of rotatable bonds is 5. The molecule has 2 unspecified atom stereocenters. The van der Waals surface area contributed by atoms with Crippen LogP contribution >= 0.6 is 0 Å². The molecule has 1 aromatic heterocycles. The number of hydrogen-bond donors (Lipinski definition) is 1. The Morgan fingerprint density at radius 1 is 1.28 bits per heavy atom.